The zero-order valence-corrected chi connectivity index (χ0v) is 19.3. The van der Waals surface area contributed by atoms with E-state index in [0.29, 0.717) is 12.4 Å². The molecule has 0 aliphatic carbocycles. The van der Waals surface area contributed by atoms with Crippen molar-refractivity contribution < 1.29 is 5.11 Å². The largest absolute Gasteiger partial charge is 0.388 e. The second-order valence-electron chi connectivity index (χ2n) is 9.39. The number of imidazole rings is 2. The van der Waals surface area contributed by atoms with Crippen LogP contribution in [0.1, 0.15) is 19.8 Å². The third-order valence-corrected chi connectivity index (χ3v) is 6.57. The van der Waals surface area contributed by atoms with Gasteiger partial charge < -0.3 is 24.3 Å². The summed E-state index contributed by atoms with van der Waals surface area (Å²) in [5.41, 5.74) is 6.04. The molecule has 172 valence electrons. The molecular formula is C26H27N7O. The van der Waals surface area contributed by atoms with Crippen molar-refractivity contribution in [2.75, 3.05) is 23.3 Å². The van der Waals surface area contributed by atoms with Crippen molar-refractivity contribution in [3.05, 3.63) is 67.4 Å². The van der Waals surface area contributed by atoms with Gasteiger partial charge in [-0.3, -0.25) is 0 Å². The minimum atomic E-state index is -0.635. The summed E-state index contributed by atoms with van der Waals surface area (Å²) >= 11 is 0. The predicted molar refractivity (Wildman–Crippen MR) is 134 cm³/mol. The first-order chi connectivity index (χ1) is 16.4. The molecule has 8 heteroatoms. The van der Waals surface area contributed by atoms with Gasteiger partial charge in [0.15, 0.2) is 11.5 Å². The maximum Gasteiger partial charge on any atom is 0.180 e. The summed E-state index contributed by atoms with van der Waals surface area (Å²) in [4.78, 5) is 16.1. The van der Waals surface area contributed by atoms with Crippen LogP contribution in [0, 0.1) is 0 Å². The maximum atomic E-state index is 10.4. The normalized spacial score (nSPS) is 18.6. The Balaban J connectivity index is 1.31. The molecule has 0 saturated carbocycles. The molecule has 0 amide bonds. The molecule has 1 atom stereocenters. The van der Waals surface area contributed by atoms with E-state index in [4.69, 9.17) is 4.98 Å². The molecule has 1 aliphatic heterocycles. The van der Waals surface area contributed by atoms with Gasteiger partial charge in [0.1, 0.15) is 0 Å². The van der Waals surface area contributed by atoms with Crippen LogP contribution in [0.4, 0.5) is 17.2 Å². The highest BCUT2D eigenvalue weighted by Crippen LogP contribution is 2.29. The van der Waals surface area contributed by atoms with Crippen LogP contribution in [-0.2, 0) is 7.05 Å². The van der Waals surface area contributed by atoms with E-state index in [0.717, 1.165) is 58.7 Å². The third kappa shape index (κ3) is 3.76. The SMILES string of the molecule is Cn1cnc2cc(-c3cn4ccnc4c(Nc4ccc(N5CCC[C@](C)(O)C5)cc4)n3)ccc21. The minimum Gasteiger partial charge on any atom is -0.388 e. The van der Waals surface area contributed by atoms with Crippen molar-refractivity contribution >= 4 is 33.9 Å². The highest BCUT2D eigenvalue weighted by Gasteiger charge is 2.28. The lowest BCUT2D eigenvalue weighted by Gasteiger charge is -2.38. The number of anilines is 3. The second kappa shape index (κ2) is 7.85. The molecule has 3 aromatic heterocycles. The first kappa shape index (κ1) is 20.7. The summed E-state index contributed by atoms with van der Waals surface area (Å²) in [5.74, 6) is 0.692. The Bertz CT molecular complexity index is 1480. The van der Waals surface area contributed by atoms with Crippen LogP contribution in [0.2, 0.25) is 0 Å². The monoisotopic (exact) mass is 453 g/mol. The van der Waals surface area contributed by atoms with Crippen molar-refractivity contribution in [1.82, 2.24) is 23.9 Å². The molecule has 2 aromatic carbocycles. The number of β-amino-alcohol motifs (C(OH)–C–C–N with tert-alkyl or cyclic N) is 1. The van der Waals surface area contributed by atoms with Crippen molar-refractivity contribution in [3.8, 4) is 11.3 Å². The fraction of sp³-hybridized carbons (Fsp3) is 0.269. The lowest BCUT2D eigenvalue weighted by atomic mass is 9.95. The summed E-state index contributed by atoms with van der Waals surface area (Å²) in [6.07, 6.45) is 9.35. The van der Waals surface area contributed by atoms with Crippen molar-refractivity contribution in [3.63, 3.8) is 0 Å². The molecule has 1 fully saturated rings. The number of aryl methyl sites for hydroxylation is 1. The number of aliphatic hydroxyl groups is 1. The average molecular weight is 454 g/mol. The molecule has 2 N–H and O–H groups in total. The van der Waals surface area contributed by atoms with Crippen LogP contribution in [0.5, 0.6) is 0 Å². The smallest absolute Gasteiger partial charge is 0.180 e. The molecule has 5 aromatic rings. The van der Waals surface area contributed by atoms with Gasteiger partial charge in [-0.25, -0.2) is 15.0 Å². The van der Waals surface area contributed by atoms with E-state index >= 15 is 0 Å². The number of nitrogens with one attached hydrogen (secondary N) is 1. The number of piperidine rings is 1. The van der Waals surface area contributed by atoms with Gasteiger partial charge in [0, 0.05) is 55.7 Å². The van der Waals surface area contributed by atoms with E-state index in [-0.39, 0.29) is 0 Å². The number of rotatable bonds is 4. The average Bonchev–Trinajstić information content (AvgIpc) is 3.45. The lowest BCUT2D eigenvalue weighted by molar-refractivity contribution is 0.0449. The molecule has 4 heterocycles. The molecule has 0 bridgehead atoms. The molecule has 6 rings (SSSR count). The maximum absolute atomic E-state index is 10.4. The van der Waals surface area contributed by atoms with Crippen LogP contribution in [0.3, 0.4) is 0 Å². The van der Waals surface area contributed by atoms with E-state index in [9.17, 15) is 5.11 Å². The van der Waals surface area contributed by atoms with Gasteiger partial charge in [-0.15, -0.1) is 0 Å². The summed E-state index contributed by atoms with van der Waals surface area (Å²) in [5, 5.41) is 13.9. The number of fused-ring (bicyclic) bond motifs is 2. The zero-order chi connectivity index (χ0) is 23.3. The second-order valence-corrected chi connectivity index (χ2v) is 9.39. The van der Waals surface area contributed by atoms with E-state index < -0.39 is 5.60 Å². The highest BCUT2D eigenvalue weighted by molar-refractivity contribution is 5.82. The van der Waals surface area contributed by atoms with Gasteiger partial charge in [-0.05, 0) is 56.2 Å². The van der Waals surface area contributed by atoms with Crippen molar-refractivity contribution in [2.24, 2.45) is 7.05 Å². The van der Waals surface area contributed by atoms with Gasteiger partial charge in [-0.1, -0.05) is 6.07 Å². The minimum absolute atomic E-state index is 0.635. The fourth-order valence-electron chi connectivity index (χ4n) is 4.78. The number of benzene rings is 2. The Morgan fingerprint density at radius 1 is 1.09 bits per heavy atom. The molecular weight excluding hydrogens is 426 g/mol. The Morgan fingerprint density at radius 3 is 2.76 bits per heavy atom. The van der Waals surface area contributed by atoms with E-state index in [2.05, 4.69) is 50.5 Å². The number of aromatic nitrogens is 5. The van der Waals surface area contributed by atoms with E-state index in [1.165, 1.54) is 0 Å². The van der Waals surface area contributed by atoms with E-state index in [1.54, 1.807) is 6.20 Å². The zero-order valence-electron chi connectivity index (χ0n) is 19.3. The number of hydrogen-bond acceptors (Lipinski definition) is 6. The Kier molecular flexibility index (Phi) is 4.77. The molecule has 8 nitrogen and oxygen atoms in total. The third-order valence-electron chi connectivity index (χ3n) is 6.57. The first-order valence-electron chi connectivity index (χ1n) is 11.5. The number of nitrogens with zero attached hydrogens (tertiary/aromatic N) is 6. The highest BCUT2D eigenvalue weighted by atomic mass is 16.3. The molecule has 1 aliphatic rings. The fourth-order valence-corrected chi connectivity index (χ4v) is 4.78. The van der Waals surface area contributed by atoms with Crippen molar-refractivity contribution in [2.45, 2.75) is 25.4 Å². The summed E-state index contributed by atoms with van der Waals surface area (Å²) in [7, 11) is 1.99. The van der Waals surface area contributed by atoms with Gasteiger partial charge in [0.2, 0.25) is 0 Å². The molecule has 1 saturated heterocycles. The van der Waals surface area contributed by atoms with Crippen molar-refractivity contribution in [1.29, 1.82) is 0 Å². The van der Waals surface area contributed by atoms with Crippen LogP contribution in [0.25, 0.3) is 27.9 Å². The van der Waals surface area contributed by atoms with Gasteiger partial charge in [0.05, 0.1) is 28.7 Å². The van der Waals surface area contributed by atoms with Crippen LogP contribution in [-0.4, -0.2) is 47.7 Å². The quantitative estimate of drug-likeness (QED) is 0.420. The topological polar surface area (TPSA) is 83.5 Å². The molecule has 34 heavy (non-hydrogen) atoms. The van der Waals surface area contributed by atoms with Gasteiger partial charge >= 0.3 is 0 Å². The summed E-state index contributed by atoms with van der Waals surface area (Å²) in [6.45, 7) is 3.52. The first-order valence-corrected chi connectivity index (χ1v) is 11.5. The Labute approximate surface area is 197 Å². The molecule has 0 unspecified atom stereocenters. The van der Waals surface area contributed by atoms with Crippen LogP contribution < -0.4 is 10.2 Å². The van der Waals surface area contributed by atoms with Gasteiger partial charge in [0.25, 0.3) is 0 Å². The predicted octanol–water partition coefficient (Wildman–Crippen LogP) is 4.38. The van der Waals surface area contributed by atoms with E-state index in [1.807, 2.05) is 53.8 Å². The Morgan fingerprint density at radius 2 is 1.94 bits per heavy atom. The van der Waals surface area contributed by atoms with Crippen LogP contribution >= 0.6 is 0 Å². The molecule has 0 radical (unpaired) electrons. The molecule has 0 spiro atoms. The summed E-state index contributed by atoms with van der Waals surface area (Å²) in [6, 6.07) is 14.5. The summed E-state index contributed by atoms with van der Waals surface area (Å²) < 4.78 is 3.99. The van der Waals surface area contributed by atoms with Crippen LogP contribution in [0.15, 0.2) is 67.4 Å². The van der Waals surface area contributed by atoms with Gasteiger partial charge in [-0.2, -0.15) is 0 Å². The Hall–Kier alpha value is -3.91. The number of hydrogen-bond donors (Lipinski definition) is 2. The lowest BCUT2D eigenvalue weighted by Crippen LogP contribution is -2.46. The standard InChI is InChI=1S/C26H27N7O/c1-26(34)10-3-12-33(16-26)20-7-5-19(6-8-20)29-24-25-27-11-13-32(25)15-22(30-24)18-4-9-23-21(14-18)28-17-31(23)2/h4-9,11,13-15,17,34H,3,10,12,16H2,1-2H3,(H,29,30)/t26-/m0/s1.